The fraction of sp³-hybridized carbons (Fsp3) is 0.421. The molecule has 3 aromatic carbocycles. The predicted molar refractivity (Wildman–Crippen MR) is 210 cm³/mol. The van der Waals surface area contributed by atoms with Crippen molar-refractivity contribution in [1.82, 2.24) is 31.3 Å². The topological polar surface area (TPSA) is 178 Å². The molecule has 0 aliphatic carbocycles. The second-order valence-electron chi connectivity index (χ2n) is 13.5. The highest BCUT2D eigenvalue weighted by molar-refractivity contribution is 9.10. The molecule has 1 aliphatic heterocycles. The summed E-state index contributed by atoms with van der Waals surface area (Å²) in [6, 6.07) is 19.1. The fourth-order valence-corrected chi connectivity index (χ4v) is 7.45. The van der Waals surface area contributed by atoms with Gasteiger partial charge in [0.05, 0.1) is 17.8 Å². The van der Waals surface area contributed by atoms with E-state index in [0.717, 1.165) is 19.9 Å². The van der Waals surface area contributed by atoms with Crippen molar-refractivity contribution in [2.45, 2.75) is 71.6 Å². The third kappa shape index (κ3) is 11.8. The first kappa shape index (κ1) is 41.4. The number of amides is 4. The van der Waals surface area contributed by atoms with E-state index in [-0.39, 0.29) is 60.2 Å². The van der Waals surface area contributed by atoms with Gasteiger partial charge in [0.2, 0.25) is 11.8 Å². The van der Waals surface area contributed by atoms with Crippen molar-refractivity contribution in [3.8, 4) is 0 Å². The third-order valence-corrected chi connectivity index (χ3v) is 11.0. The molecule has 286 valence electrons. The van der Waals surface area contributed by atoms with Crippen molar-refractivity contribution < 1.29 is 27.6 Å². The van der Waals surface area contributed by atoms with E-state index in [1.807, 2.05) is 82.3 Å². The van der Waals surface area contributed by atoms with Gasteiger partial charge in [-0.25, -0.2) is 0 Å². The van der Waals surface area contributed by atoms with Crippen LogP contribution in [0.3, 0.4) is 0 Å². The molecule has 4 amide bonds. The molecule has 0 bridgehead atoms. The Balaban J connectivity index is 1.59. The van der Waals surface area contributed by atoms with Crippen molar-refractivity contribution in [2.24, 2.45) is 5.92 Å². The number of nitrogens with one attached hydrogen (secondary N) is 6. The summed E-state index contributed by atoms with van der Waals surface area (Å²) in [5.74, 6) is -1.76. The molecule has 53 heavy (non-hydrogen) atoms. The van der Waals surface area contributed by atoms with Crippen LogP contribution in [0.25, 0.3) is 0 Å². The van der Waals surface area contributed by atoms with Crippen molar-refractivity contribution >= 4 is 55.5 Å². The summed E-state index contributed by atoms with van der Waals surface area (Å²) in [5, 5.41) is 14.8. The first-order valence-corrected chi connectivity index (χ1v) is 20.1. The van der Waals surface area contributed by atoms with Gasteiger partial charge < -0.3 is 26.6 Å². The Kier molecular flexibility index (Phi) is 15.0. The van der Waals surface area contributed by atoms with Gasteiger partial charge >= 0.3 is 10.2 Å². The molecule has 0 radical (unpaired) electrons. The molecule has 4 rings (SSSR count). The average molecular weight is 813 g/mol. The van der Waals surface area contributed by atoms with Crippen molar-refractivity contribution in [3.63, 3.8) is 0 Å². The molecule has 15 heteroatoms. The second-order valence-corrected chi connectivity index (χ2v) is 16.1. The van der Waals surface area contributed by atoms with Crippen LogP contribution < -0.4 is 35.6 Å². The molecule has 0 unspecified atom stereocenters. The maximum atomic E-state index is 14.0. The van der Waals surface area contributed by atoms with Crippen LogP contribution in [0, 0.1) is 5.92 Å². The van der Waals surface area contributed by atoms with E-state index in [2.05, 4.69) is 47.2 Å². The van der Waals surface area contributed by atoms with Gasteiger partial charge in [0.25, 0.3) is 11.8 Å². The fourth-order valence-electron chi connectivity index (χ4n) is 5.87. The summed E-state index contributed by atoms with van der Waals surface area (Å²) in [5.41, 5.74) is 2.19. The predicted octanol–water partition coefficient (Wildman–Crippen LogP) is 3.58. The Morgan fingerprint density at radius 1 is 0.849 bits per heavy atom. The van der Waals surface area contributed by atoms with Gasteiger partial charge in [-0.3, -0.25) is 23.5 Å². The van der Waals surface area contributed by atoms with E-state index in [9.17, 15) is 27.6 Å². The van der Waals surface area contributed by atoms with Crippen LogP contribution in [0.2, 0.25) is 0 Å². The lowest BCUT2D eigenvalue weighted by molar-refractivity contribution is -0.130. The summed E-state index contributed by atoms with van der Waals surface area (Å²) in [4.78, 5) is 53.4. The van der Waals surface area contributed by atoms with Crippen LogP contribution in [0.4, 0.5) is 5.69 Å². The van der Waals surface area contributed by atoms with E-state index < -0.39 is 40.1 Å². The Morgan fingerprint density at radius 3 is 2.09 bits per heavy atom. The van der Waals surface area contributed by atoms with Gasteiger partial charge in [0.15, 0.2) is 0 Å². The number of carbonyl (C=O) groups is 4. The molecule has 1 aliphatic rings. The number of rotatable bonds is 16. The zero-order valence-corrected chi connectivity index (χ0v) is 33.1. The van der Waals surface area contributed by atoms with Crippen LogP contribution in [0.15, 0.2) is 77.3 Å². The van der Waals surface area contributed by atoms with Gasteiger partial charge in [0, 0.05) is 47.8 Å². The Hall–Kier alpha value is -4.31. The minimum Gasteiger partial charge on any atom is -0.355 e. The number of carbonyl (C=O) groups excluding carboxylic acids is 4. The lowest BCUT2D eigenvalue weighted by Gasteiger charge is -2.29. The van der Waals surface area contributed by atoms with Crippen LogP contribution in [-0.4, -0.2) is 76.4 Å². The molecule has 0 saturated carbocycles. The van der Waals surface area contributed by atoms with Gasteiger partial charge in [-0.05, 0) is 81.0 Å². The summed E-state index contributed by atoms with van der Waals surface area (Å²) >= 11 is 3.42. The van der Waals surface area contributed by atoms with Gasteiger partial charge in [0.1, 0.15) is 6.04 Å². The van der Waals surface area contributed by atoms with Crippen LogP contribution in [-0.2, 0) is 26.2 Å². The molecule has 13 nitrogen and oxygen atoms in total. The average Bonchev–Trinajstić information content (AvgIpc) is 3.12. The van der Waals surface area contributed by atoms with Crippen LogP contribution >= 0.6 is 15.9 Å². The van der Waals surface area contributed by atoms with Gasteiger partial charge in [-0.15, -0.1) is 0 Å². The van der Waals surface area contributed by atoms with E-state index >= 15 is 0 Å². The largest absolute Gasteiger partial charge is 0.355 e. The molecule has 4 atom stereocenters. The Labute approximate surface area is 320 Å². The lowest BCUT2D eigenvalue weighted by Crippen LogP contribution is -2.55. The second kappa shape index (κ2) is 19.1. The molecule has 0 aromatic heterocycles. The monoisotopic (exact) mass is 811 g/mol. The standard InChI is InChI=1S/C38H50BrN7O6S/c1-6-40-38(50)34(24(2)3)45-35(47)26(5)41-23-32(19-27-11-8-7-9-12-27)44-37(49)30-20-29(21-33(22-30)46-18-10-17-42-53(46,51)52)36(48)43-25(4)28-13-15-31(39)16-14-28/h7-9,11-16,20-22,24-26,32,34,41-42H,6,10,17-19,23H2,1-5H3,(H,40,50)(H,43,48)(H,44,49)(H,45,47)/t25-,26+,32+,34+/m1/s1. The number of benzene rings is 3. The number of likely N-dealkylation sites (N-methyl/N-ethyl adjacent to an activating group) is 1. The van der Waals surface area contributed by atoms with E-state index in [0.29, 0.717) is 19.4 Å². The quantitative estimate of drug-likeness (QED) is 0.128. The zero-order chi connectivity index (χ0) is 38.7. The van der Waals surface area contributed by atoms with Crippen LogP contribution in [0.5, 0.6) is 0 Å². The highest BCUT2D eigenvalue weighted by Gasteiger charge is 2.29. The van der Waals surface area contributed by atoms with Gasteiger partial charge in [-0.2, -0.15) is 13.1 Å². The van der Waals surface area contributed by atoms with Crippen LogP contribution in [0.1, 0.15) is 78.9 Å². The van der Waals surface area contributed by atoms with Gasteiger partial charge in [-0.1, -0.05) is 72.2 Å². The smallest absolute Gasteiger partial charge is 0.301 e. The Morgan fingerprint density at radius 2 is 1.49 bits per heavy atom. The highest BCUT2D eigenvalue weighted by Crippen LogP contribution is 2.25. The van der Waals surface area contributed by atoms with Crippen molar-refractivity contribution in [1.29, 1.82) is 0 Å². The normalized spacial score (nSPS) is 16.2. The molecular weight excluding hydrogens is 762 g/mol. The SMILES string of the molecule is CCNC(=O)[C@@H](NC(=O)[C@H](C)NC[C@H](Cc1ccccc1)NC(=O)c1cc(C(=O)N[C@H](C)c2ccc(Br)cc2)cc(N2CCCNS2(=O)=O)c1)C(C)C. The minimum atomic E-state index is -3.90. The summed E-state index contributed by atoms with van der Waals surface area (Å²) in [6.45, 7) is 10.1. The maximum absolute atomic E-state index is 14.0. The van der Waals surface area contributed by atoms with E-state index in [1.54, 1.807) is 6.92 Å². The maximum Gasteiger partial charge on any atom is 0.301 e. The van der Waals surface area contributed by atoms with Crippen molar-refractivity contribution in [3.05, 3.63) is 99.5 Å². The minimum absolute atomic E-state index is 0.0929. The molecule has 1 fully saturated rings. The number of hydrogen-bond acceptors (Lipinski definition) is 7. The summed E-state index contributed by atoms with van der Waals surface area (Å²) < 4.78 is 30.7. The summed E-state index contributed by atoms with van der Waals surface area (Å²) in [7, 11) is -3.90. The molecule has 0 spiro atoms. The van der Waals surface area contributed by atoms with E-state index in [1.165, 1.54) is 18.2 Å². The number of anilines is 1. The lowest BCUT2D eigenvalue weighted by atomic mass is 10.0. The molecule has 1 saturated heterocycles. The first-order valence-electron chi connectivity index (χ1n) is 17.8. The van der Waals surface area contributed by atoms with E-state index in [4.69, 9.17) is 0 Å². The summed E-state index contributed by atoms with van der Waals surface area (Å²) in [6.07, 6.45) is 0.944. The van der Waals surface area contributed by atoms with Crippen molar-refractivity contribution in [2.75, 3.05) is 30.5 Å². The zero-order valence-electron chi connectivity index (χ0n) is 30.7. The molecule has 3 aromatic rings. The molecule has 1 heterocycles. The molecule has 6 N–H and O–H groups in total. The number of halogens is 1. The molecular formula is C38H50BrN7O6S. The third-order valence-electron chi connectivity index (χ3n) is 8.88. The Bertz CT molecular complexity index is 1840. The number of hydrogen-bond donors (Lipinski definition) is 6. The number of nitrogens with zero attached hydrogens (tertiary/aromatic N) is 1. The first-order chi connectivity index (χ1) is 25.2. The highest BCUT2D eigenvalue weighted by atomic mass is 79.9.